The van der Waals surface area contributed by atoms with Crippen LogP contribution in [0.25, 0.3) is 5.65 Å². The Hall–Kier alpha value is -5.21. The normalized spacial score (nSPS) is 19.1. The first kappa shape index (κ1) is 32.3. The van der Waals surface area contributed by atoms with Crippen LogP contribution in [-0.2, 0) is 19.1 Å². The molecule has 4 rings (SSSR count). The van der Waals surface area contributed by atoms with Gasteiger partial charge in [0.05, 0.1) is 33.0 Å². The molecule has 3 heterocycles. The molecule has 230 valence electrons. The summed E-state index contributed by atoms with van der Waals surface area (Å²) in [4.78, 5) is 66.9. The first-order valence-electron chi connectivity index (χ1n) is 13.2. The van der Waals surface area contributed by atoms with Crippen molar-refractivity contribution in [2.45, 2.75) is 39.0 Å². The van der Waals surface area contributed by atoms with Gasteiger partial charge < -0.3 is 34.9 Å². The second-order valence-corrected chi connectivity index (χ2v) is 9.84. The van der Waals surface area contributed by atoms with Crippen LogP contribution in [0, 0.1) is 5.92 Å². The summed E-state index contributed by atoms with van der Waals surface area (Å²) < 4.78 is 17.6. The highest BCUT2D eigenvalue weighted by atomic mass is 16.6. The lowest BCUT2D eigenvalue weighted by Gasteiger charge is -2.31. The van der Waals surface area contributed by atoms with Crippen LogP contribution in [0.3, 0.4) is 0 Å². The lowest BCUT2D eigenvalue weighted by Crippen LogP contribution is -2.54. The first-order valence-corrected chi connectivity index (χ1v) is 13.2. The molecule has 2 aromatic heterocycles. The molecular formula is C28H34N6O9. The Labute approximate surface area is 247 Å². The molecule has 2 bridgehead atoms. The molecule has 1 aliphatic heterocycles. The lowest BCUT2D eigenvalue weighted by molar-refractivity contribution is -0.150. The third-order valence-corrected chi connectivity index (χ3v) is 6.61. The topological polar surface area (TPSA) is 191 Å². The van der Waals surface area contributed by atoms with Crippen molar-refractivity contribution in [3.63, 3.8) is 0 Å². The Kier molecular flexibility index (Phi) is 11.0. The van der Waals surface area contributed by atoms with Crippen LogP contribution >= 0.6 is 0 Å². The highest BCUT2D eigenvalue weighted by molar-refractivity contribution is 5.97. The molecule has 0 fully saturated rings. The molecule has 0 aliphatic carbocycles. The van der Waals surface area contributed by atoms with Crippen LogP contribution in [-0.4, -0.2) is 100 Å². The van der Waals surface area contributed by atoms with Crippen LogP contribution in [0.15, 0.2) is 42.7 Å². The molecule has 0 radical (unpaired) electrons. The van der Waals surface area contributed by atoms with Gasteiger partial charge in [0.25, 0.3) is 18.3 Å². The average molecular weight is 599 g/mol. The molecule has 2 unspecified atom stereocenters. The molecule has 0 saturated heterocycles. The number of fused-ring (bicyclic) bond motifs is 3. The van der Waals surface area contributed by atoms with Gasteiger partial charge >= 0.3 is 5.97 Å². The van der Waals surface area contributed by atoms with E-state index in [1.54, 1.807) is 31.2 Å². The fraction of sp³-hybridized carbons (Fsp3) is 0.393. The van der Waals surface area contributed by atoms with Gasteiger partial charge in [0.15, 0.2) is 22.8 Å². The zero-order chi connectivity index (χ0) is 31.7. The number of imidazole rings is 1. The summed E-state index contributed by atoms with van der Waals surface area (Å²) in [5.74, 6) is -1.93. The third kappa shape index (κ3) is 7.75. The van der Waals surface area contributed by atoms with Gasteiger partial charge in [-0.25, -0.2) is 14.3 Å². The van der Waals surface area contributed by atoms with Crippen molar-refractivity contribution in [1.82, 2.24) is 30.1 Å². The van der Waals surface area contributed by atoms with Crippen molar-refractivity contribution in [2.75, 3.05) is 27.3 Å². The summed E-state index contributed by atoms with van der Waals surface area (Å²) in [6.45, 7) is 4.77. The van der Waals surface area contributed by atoms with Gasteiger partial charge in [0.1, 0.15) is 0 Å². The maximum atomic E-state index is 13.7. The fourth-order valence-electron chi connectivity index (χ4n) is 4.33. The highest BCUT2D eigenvalue weighted by Gasteiger charge is 2.33. The standard InChI is InChI=1S/C27H32N6O7.CH2O2/c1-15(2)18-13-32(26(36)19-12-28-22-7-6-10-29-33(19)22)14-23(34)30-16(3)24(27(37)39-5)40-21-11-17(25(35)31-18)8-9-20(21)38-4;2-1-3/h6-12,15-16,18,24H,13-14H2,1-5H3,(H,30,34)(H,31,35);1H,(H,2,3)/t16-,18?,24?;/m0./s1. The van der Waals surface area contributed by atoms with Gasteiger partial charge in [0, 0.05) is 24.3 Å². The third-order valence-electron chi connectivity index (χ3n) is 6.61. The fourth-order valence-corrected chi connectivity index (χ4v) is 4.33. The number of ether oxygens (including phenoxy) is 3. The monoisotopic (exact) mass is 598 g/mol. The second-order valence-electron chi connectivity index (χ2n) is 9.84. The summed E-state index contributed by atoms with van der Waals surface area (Å²) in [5.41, 5.74) is 0.873. The molecule has 15 nitrogen and oxygen atoms in total. The maximum Gasteiger partial charge on any atom is 0.349 e. The van der Waals surface area contributed by atoms with Gasteiger partial charge in [-0.1, -0.05) is 13.8 Å². The predicted octanol–water partition coefficient (Wildman–Crippen LogP) is 0.774. The van der Waals surface area contributed by atoms with Crippen LogP contribution in [0.4, 0.5) is 0 Å². The number of amides is 3. The predicted molar refractivity (Wildman–Crippen MR) is 151 cm³/mol. The molecular weight excluding hydrogens is 564 g/mol. The highest BCUT2D eigenvalue weighted by Crippen LogP contribution is 2.30. The Morgan fingerprint density at radius 2 is 1.91 bits per heavy atom. The molecule has 3 amide bonds. The number of esters is 1. The summed E-state index contributed by atoms with van der Waals surface area (Å²) in [6, 6.07) is 6.57. The number of carbonyl (C=O) groups excluding carboxylic acids is 4. The Bertz CT molecular complexity index is 1470. The Morgan fingerprint density at radius 3 is 2.56 bits per heavy atom. The van der Waals surface area contributed by atoms with Crippen molar-refractivity contribution < 1.29 is 43.3 Å². The first-order chi connectivity index (χ1) is 20.5. The molecule has 1 aliphatic rings. The van der Waals surface area contributed by atoms with Gasteiger partial charge in [-0.05, 0) is 43.2 Å². The molecule has 15 heteroatoms. The minimum absolute atomic E-state index is 0.0179. The molecule has 3 N–H and O–H groups in total. The average Bonchev–Trinajstić information content (AvgIpc) is 3.42. The van der Waals surface area contributed by atoms with Gasteiger partial charge in [-0.15, -0.1) is 0 Å². The maximum absolute atomic E-state index is 13.7. The van der Waals surface area contributed by atoms with Gasteiger partial charge in [0.2, 0.25) is 12.0 Å². The number of aromatic nitrogens is 3. The van der Waals surface area contributed by atoms with Crippen LogP contribution in [0.1, 0.15) is 41.6 Å². The largest absolute Gasteiger partial charge is 0.493 e. The number of nitrogens with one attached hydrogen (secondary N) is 2. The van der Waals surface area contributed by atoms with E-state index >= 15 is 0 Å². The van der Waals surface area contributed by atoms with Crippen molar-refractivity contribution >= 4 is 35.8 Å². The number of nitrogens with zero attached hydrogens (tertiary/aromatic N) is 4. The van der Waals surface area contributed by atoms with E-state index < -0.39 is 41.9 Å². The number of carbonyl (C=O) groups is 5. The molecule has 0 saturated carbocycles. The van der Waals surface area contributed by atoms with Crippen LogP contribution in [0.2, 0.25) is 0 Å². The summed E-state index contributed by atoms with van der Waals surface area (Å²) in [5, 5.41) is 16.8. The number of rotatable bonds is 4. The summed E-state index contributed by atoms with van der Waals surface area (Å²) in [7, 11) is 2.63. The molecule has 0 spiro atoms. The molecule has 1 aromatic carbocycles. The lowest BCUT2D eigenvalue weighted by atomic mass is 10.0. The number of carboxylic acid groups (broad SMARTS) is 1. The quantitative estimate of drug-likeness (QED) is 0.284. The van der Waals surface area contributed by atoms with E-state index in [4.69, 9.17) is 24.1 Å². The molecule has 3 atom stereocenters. The number of benzene rings is 1. The SMILES string of the molecule is COC(=O)C1Oc2cc(ccc2OC)C(=O)NC(C(C)C)CN(C(=O)c2cnc3cccnn23)CC(=O)N[C@H]1C.O=CO. The van der Waals surface area contributed by atoms with Gasteiger partial charge in [-0.3, -0.25) is 19.2 Å². The zero-order valence-corrected chi connectivity index (χ0v) is 24.3. The minimum atomic E-state index is -1.28. The van der Waals surface area contributed by atoms with E-state index in [9.17, 15) is 19.2 Å². The smallest absolute Gasteiger partial charge is 0.349 e. The summed E-state index contributed by atoms with van der Waals surface area (Å²) >= 11 is 0. The van der Waals surface area contributed by atoms with E-state index in [0.29, 0.717) is 5.65 Å². The van der Waals surface area contributed by atoms with Crippen molar-refractivity contribution in [3.05, 3.63) is 54.0 Å². The summed E-state index contributed by atoms with van der Waals surface area (Å²) in [6.07, 6.45) is 1.63. The minimum Gasteiger partial charge on any atom is -0.493 e. The van der Waals surface area contributed by atoms with E-state index in [0.717, 1.165) is 0 Å². The number of methoxy groups -OCH3 is 2. The van der Waals surface area contributed by atoms with E-state index in [-0.39, 0.29) is 48.2 Å². The van der Waals surface area contributed by atoms with Crippen molar-refractivity contribution in [2.24, 2.45) is 5.92 Å². The van der Waals surface area contributed by atoms with E-state index in [1.165, 1.54) is 42.1 Å². The van der Waals surface area contributed by atoms with E-state index in [1.807, 2.05) is 13.8 Å². The van der Waals surface area contributed by atoms with Gasteiger partial charge in [-0.2, -0.15) is 5.10 Å². The van der Waals surface area contributed by atoms with Crippen LogP contribution < -0.4 is 20.1 Å². The van der Waals surface area contributed by atoms with Crippen molar-refractivity contribution in [1.29, 1.82) is 0 Å². The van der Waals surface area contributed by atoms with Crippen LogP contribution in [0.5, 0.6) is 11.5 Å². The number of hydrogen-bond donors (Lipinski definition) is 3. The van der Waals surface area contributed by atoms with Crippen molar-refractivity contribution in [3.8, 4) is 11.5 Å². The molecule has 43 heavy (non-hydrogen) atoms. The second kappa shape index (κ2) is 14.6. The number of hydrogen-bond acceptors (Lipinski definition) is 10. The van der Waals surface area contributed by atoms with E-state index in [2.05, 4.69) is 20.7 Å². The Balaban J connectivity index is 0.00000162. The zero-order valence-electron chi connectivity index (χ0n) is 24.3. The Morgan fingerprint density at radius 1 is 1.19 bits per heavy atom. The molecule has 3 aromatic rings.